The number of rotatable bonds is 6. The van der Waals surface area contributed by atoms with Crippen LogP contribution >= 0.6 is 0 Å². The molecule has 1 aliphatic rings. The molecule has 2 aromatic carbocycles. The van der Waals surface area contributed by atoms with Crippen LogP contribution in [0.1, 0.15) is 28.8 Å². The molecule has 1 aromatic heterocycles. The number of carbonyl (C=O) groups excluding carboxylic acids is 2. The van der Waals surface area contributed by atoms with E-state index in [1.54, 1.807) is 17.3 Å². The monoisotopic (exact) mass is 414 g/mol. The van der Waals surface area contributed by atoms with Crippen molar-refractivity contribution >= 4 is 11.8 Å². The van der Waals surface area contributed by atoms with E-state index in [2.05, 4.69) is 22.1 Å². The number of hydrogen-bond acceptors (Lipinski definition) is 4. The number of piperazine rings is 1. The molecule has 0 radical (unpaired) electrons. The molecule has 1 fully saturated rings. The third-order valence-corrected chi connectivity index (χ3v) is 5.55. The van der Waals surface area contributed by atoms with Crippen molar-refractivity contribution in [2.75, 3.05) is 26.2 Å². The van der Waals surface area contributed by atoms with E-state index in [9.17, 15) is 9.59 Å². The van der Waals surface area contributed by atoms with Gasteiger partial charge in [-0.2, -0.15) is 0 Å². The molecule has 0 unspecified atom stereocenters. The fourth-order valence-electron chi connectivity index (χ4n) is 3.76. The van der Waals surface area contributed by atoms with Crippen LogP contribution in [0.2, 0.25) is 0 Å². The zero-order chi connectivity index (χ0) is 21.5. The van der Waals surface area contributed by atoms with E-state index in [0.717, 1.165) is 18.4 Å². The van der Waals surface area contributed by atoms with E-state index in [1.807, 2.05) is 53.4 Å². The van der Waals surface area contributed by atoms with Gasteiger partial charge in [-0.25, -0.2) is 9.97 Å². The summed E-state index contributed by atoms with van der Waals surface area (Å²) in [6.07, 6.45) is 5.45. The Morgan fingerprint density at radius 1 is 0.774 bits per heavy atom. The number of aryl methyl sites for hydroxylation is 1. The van der Waals surface area contributed by atoms with Crippen LogP contribution in [0.5, 0.6) is 0 Å². The third-order valence-electron chi connectivity index (χ3n) is 5.55. The number of hydrogen-bond donors (Lipinski definition) is 0. The van der Waals surface area contributed by atoms with E-state index in [0.29, 0.717) is 44.0 Å². The van der Waals surface area contributed by atoms with Crippen LogP contribution in [-0.4, -0.2) is 57.8 Å². The van der Waals surface area contributed by atoms with E-state index in [1.165, 1.54) is 5.56 Å². The summed E-state index contributed by atoms with van der Waals surface area (Å²) in [5.41, 5.74) is 2.65. The molecule has 158 valence electrons. The van der Waals surface area contributed by atoms with Gasteiger partial charge < -0.3 is 9.80 Å². The van der Waals surface area contributed by atoms with Crippen molar-refractivity contribution < 1.29 is 9.59 Å². The van der Waals surface area contributed by atoms with Gasteiger partial charge in [-0.3, -0.25) is 9.59 Å². The Hall–Kier alpha value is -3.54. The van der Waals surface area contributed by atoms with Crippen LogP contribution in [0.15, 0.2) is 73.1 Å². The fraction of sp³-hybridized carbons (Fsp3) is 0.280. The van der Waals surface area contributed by atoms with Gasteiger partial charge >= 0.3 is 0 Å². The van der Waals surface area contributed by atoms with Gasteiger partial charge in [0.05, 0.1) is 5.56 Å². The molecule has 0 aliphatic carbocycles. The number of aromatic nitrogens is 2. The quantitative estimate of drug-likeness (QED) is 0.620. The summed E-state index contributed by atoms with van der Waals surface area (Å²) in [6, 6.07) is 19.9. The third kappa shape index (κ3) is 5.34. The molecule has 4 rings (SSSR count). The van der Waals surface area contributed by atoms with Gasteiger partial charge in [-0.15, -0.1) is 0 Å². The molecule has 0 bridgehead atoms. The zero-order valence-corrected chi connectivity index (χ0v) is 17.5. The molecule has 0 atom stereocenters. The van der Waals surface area contributed by atoms with Gasteiger partial charge in [0.1, 0.15) is 0 Å². The van der Waals surface area contributed by atoms with E-state index >= 15 is 0 Å². The summed E-state index contributed by atoms with van der Waals surface area (Å²) >= 11 is 0. The molecular weight excluding hydrogens is 388 g/mol. The lowest BCUT2D eigenvalue weighted by Gasteiger charge is -2.34. The molecular formula is C25H26N4O2. The van der Waals surface area contributed by atoms with Crippen molar-refractivity contribution in [3.63, 3.8) is 0 Å². The second-order valence-corrected chi connectivity index (χ2v) is 7.67. The van der Waals surface area contributed by atoms with Crippen LogP contribution < -0.4 is 0 Å². The van der Waals surface area contributed by atoms with Crippen LogP contribution in [0.3, 0.4) is 0 Å². The predicted molar refractivity (Wildman–Crippen MR) is 119 cm³/mol. The van der Waals surface area contributed by atoms with Crippen LogP contribution in [0.25, 0.3) is 11.4 Å². The molecule has 6 nitrogen and oxygen atoms in total. The summed E-state index contributed by atoms with van der Waals surface area (Å²) in [4.78, 5) is 37.6. The SMILES string of the molecule is O=C(CCCc1ccccc1)N1CCN(C(=O)c2cnc(-c3ccccc3)nc2)CC1. The normalized spacial score (nSPS) is 13.8. The smallest absolute Gasteiger partial charge is 0.257 e. The second kappa shape index (κ2) is 9.98. The lowest BCUT2D eigenvalue weighted by Crippen LogP contribution is -2.50. The average Bonchev–Trinajstić information content (AvgIpc) is 2.85. The van der Waals surface area contributed by atoms with Gasteiger partial charge in [0.25, 0.3) is 5.91 Å². The van der Waals surface area contributed by atoms with Crippen molar-refractivity contribution in [1.82, 2.24) is 19.8 Å². The minimum atomic E-state index is -0.0872. The summed E-state index contributed by atoms with van der Waals surface area (Å²) in [7, 11) is 0. The van der Waals surface area contributed by atoms with E-state index in [-0.39, 0.29) is 11.8 Å². The first-order valence-electron chi connectivity index (χ1n) is 10.7. The van der Waals surface area contributed by atoms with Gasteiger partial charge in [-0.05, 0) is 18.4 Å². The number of carbonyl (C=O) groups is 2. The number of benzene rings is 2. The molecule has 0 N–H and O–H groups in total. The number of nitrogens with zero attached hydrogens (tertiary/aromatic N) is 4. The highest BCUT2D eigenvalue weighted by Crippen LogP contribution is 2.15. The molecule has 0 spiro atoms. The highest BCUT2D eigenvalue weighted by molar-refractivity contribution is 5.94. The van der Waals surface area contributed by atoms with Crippen molar-refractivity contribution in [3.8, 4) is 11.4 Å². The van der Waals surface area contributed by atoms with Gasteiger partial charge in [0, 0.05) is 50.6 Å². The minimum absolute atomic E-state index is 0.0872. The summed E-state index contributed by atoms with van der Waals surface area (Å²) in [6.45, 7) is 2.20. The Kier molecular flexibility index (Phi) is 6.67. The maximum Gasteiger partial charge on any atom is 0.257 e. The van der Waals surface area contributed by atoms with Gasteiger partial charge in [0.2, 0.25) is 5.91 Å². The first-order chi connectivity index (χ1) is 15.2. The largest absolute Gasteiger partial charge is 0.339 e. The highest BCUT2D eigenvalue weighted by Gasteiger charge is 2.25. The molecule has 0 saturated carbocycles. The summed E-state index contributed by atoms with van der Waals surface area (Å²) in [5, 5.41) is 0. The molecule has 1 aliphatic heterocycles. The maximum absolute atomic E-state index is 12.8. The lowest BCUT2D eigenvalue weighted by molar-refractivity contribution is -0.132. The molecule has 2 heterocycles. The van der Waals surface area contributed by atoms with Crippen molar-refractivity contribution in [2.45, 2.75) is 19.3 Å². The van der Waals surface area contributed by atoms with Crippen LogP contribution in [0.4, 0.5) is 0 Å². The standard InChI is InChI=1S/C25H26N4O2/c30-23(13-7-10-20-8-3-1-4-9-20)28-14-16-29(17-15-28)25(31)22-18-26-24(27-19-22)21-11-5-2-6-12-21/h1-6,8-9,11-12,18-19H,7,10,13-17H2. The van der Waals surface area contributed by atoms with Crippen molar-refractivity contribution in [2.24, 2.45) is 0 Å². The Bertz CT molecular complexity index is 999. The topological polar surface area (TPSA) is 66.4 Å². The highest BCUT2D eigenvalue weighted by atomic mass is 16.2. The fourth-order valence-corrected chi connectivity index (χ4v) is 3.76. The average molecular weight is 415 g/mol. The first-order valence-corrected chi connectivity index (χ1v) is 10.7. The Labute approximate surface area is 182 Å². The summed E-state index contributed by atoms with van der Waals surface area (Å²) in [5.74, 6) is 0.678. The molecule has 1 saturated heterocycles. The Balaban J connectivity index is 1.25. The summed E-state index contributed by atoms with van der Waals surface area (Å²) < 4.78 is 0. The lowest BCUT2D eigenvalue weighted by atomic mass is 10.1. The van der Waals surface area contributed by atoms with E-state index < -0.39 is 0 Å². The Morgan fingerprint density at radius 3 is 2.00 bits per heavy atom. The van der Waals surface area contributed by atoms with Gasteiger partial charge in [0.15, 0.2) is 5.82 Å². The van der Waals surface area contributed by atoms with Crippen LogP contribution in [0, 0.1) is 0 Å². The van der Waals surface area contributed by atoms with E-state index in [4.69, 9.17) is 0 Å². The zero-order valence-electron chi connectivity index (χ0n) is 17.5. The maximum atomic E-state index is 12.8. The van der Waals surface area contributed by atoms with Crippen LogP contribution in [-0.2, 0) is 11.2 Å². The molecule has 3 aromatic rings. The second-order valence-electron chi connectivity index (χ2n) is 7.67. The van der Waals surface area contributed by atoms with Gasteiger partial charge in [-0.1, -0.05) is 60.7 Å². The minimum Gasteiger partial charge on any atom is -0.339 e. The first kappa shape index (κ1) is 20.7. The number of amides is 2. The molecule has 31 heavy (non-hydrogen) atoms. The predicted octanol–water partition coefficient (Wildman–Crippen LogP) is 3.45. The Morgan fingerprint density at radius 2 is 1.35 bits per heavy atom. The molecule has 6 heteroatoms. The van der Waals surface area contributed by atoms with Crippen molar-refractivity contribution in [1.29, 1.82) is 0 Å². The molecule has 2 amide bonds. The van der Waals surface area contributed by atoms with Crippen molar-refractivity contribution in [3.05, 3.63) is 84.2 Å².